The maximum Gasteiger partial charge on any atom is 0.334 e. The van der Waals surface area contributed by atoms with Crippen molar-refractivity contribution in [1.82, 2.24) is 0 Å². The number of rotatable bonds is 7. The largest absolute Gasteiger partial charge is 0.398 e. The van der Waals surface area contributed by atoms with Gasteiger partial charge in [0, 0.05) is 20.6 Å². The van der Waals surface area contributed by atoms with Crippen molar-refractivity contribution in [2.24, 2.45) is 0 Å². The fraction of sp³-hybridized carbons (Fsp3) is 1.00. The Bertz CT molecular complexity index is 168. The molecule has 1 fully saturated rings. The van der Waals surface area contributed by atoms with E-state index >= 15 is 0 Å². The molecule has 0 aromatic heterocycles. The van der Waals surface area contributed by atoms with E-state index in [1.165, 1.54) is 0 Å². The Hall–Kier alpha value is 0.0569. The van der Waals surface area contributed by atoms with Gasteiger partial charge in [0.25, 0.3) is 0 Å². The molecular formula is C9H20O4Si. The number of epoxide rings is 1. The van der Waals surface area contributed by atoms with Crippen molar-refractivity contribution in [2.75, 3.05) is 20.8 Å². The highest BCUT2D eigenvalue weighted by molar-refractivity contribution is 6.65. The summed E-state index contributed by atoms with van der Waals surface area (Å²) in [5, 5.41) is 9.65. The lowest BCUT2D eigenvalue weighted by molar-refractivity contribution is 0.142. The molecule has 0 amide bonds. The first-order chi connectivity index (χ1) is 6.59. The highest BCUT2D eigenvalue weighted by Crippen LogP contribution is 2.21. The summed E-state index contributed by atoms with van der Waals surface area (Å²) in [7, 11) is 1.35. The molecule has 0 saturated carbocycles. The molecule has 1 rings (SSSR count). The minimum atomic E-state index is -1.99. The first-order valence-electron chi connectivity index (χ1n) is 4.99. The molecule has 14 heavy (non-hydrogen) atoms. The van der Waals surface area contributed by atoms with E-state index in [-0.39, 0.29) is 6.10 Å². The lowest BCUT2D eigenvalue weighted by atomic mass is 10.2. The van der Waals surface area contributed by atoms with Gasteiger partial charge in [-0.05, 0) is 19.0 Å². The second kappa shape index (κ2) is 5.23. The molecule has 0 spiro atoms. The SMILES string of the molecule is CO[Si](C)(CCC(O)CC1CO1)OC. The van der Waals surface area contributed by atoms with Crippen LogP contribution in [-0.2, 0) is 13.6 Å². The molecule has 84 valence electrons. The zero-order chi connectivity index (χ0) is 10.6. The summed E-state index contributed by atoms with van der Waals surface area (Å²) in [6.07, 6.45) is 1.50. The van der Waals surface area contributed by atoms with E-state index in [9.17, 15) is 5.11 Å². The third-order valence-electron chi connectivity index (χ3n) is 2.73. The molecule has 0 radical (unpaired) electrons. The Balaban J connectivity index is 2.16. The second-order valence-corrected chi connectivity index (χ2v) is 7.51. The van der Waals surface area contributed by atoms with Crippen LogP contribution in [0.1, 0.15) is 12.8 Å². The Morgan fingerprint density at radius 1 is 1.50 bits per heavy atom. The molecule has 1 aliphatic rings. The van der Waals surface area contributed by atoms with Crippen LogP contribution < -0.4 is 0 Å². The lowest BCUT2D eigenvalue weighted by Crippen LogP contribution is -2.36. The molecular weight excluding hydrogens is 200 g/mol. The van der Waals surface area contributed by atoms with Gasteiger partial charge in [0.2, 0.25) is 0 Å². The third-order valence-corrected chi connectivity index (χ3v) is 5.66. The van der Waals surface area contributed by atoms with Gasteiger partial charge >= 0.3 is 8.56 Å². The van der Waals surface area contributed by atoms with Crippen LogP contribution in [0.5, 0.6) is 0 Å². The molecule has 5 heteroatoms. The molecule has 0 aromatic rings. The van der Waals surface area contributed by atoms with Crippen molar-refractivity contribution in [1.29, 1.82) is 0 Å². The molecule has 2 atom stereocenters. The van der Waals surface area contributed by atoms with Crippen LogP contribution in [0, 0.1) is 0 Å². The van der Waals surface area contributed by atoms with E-state index in [1.54, 1.807) is 14.2 Å². The topological polar surface area (TPSA) is 51.2 Å². The average Bonchev–Trinajstić information content (AvgIpc) is 2.98. The van der Waals surface area contributed by atoms with Crippen molar-refractivity contribution < 1.29 is 18.7 Å². The summed E-state index contributed by atoms with van der Waals surface area (Å²) in [4.78, 5) is 0. The normalized spacial score (nSPS) is 23.6. The summed E-state index contributed by atoms with van der Waals surface area (Å²) < 4.78 is 15.7. The summed E-state index contributed by atoms with van der Waals surface area (Å²) in [5.74, 6) is 0. The van der Waals surface area contributed by atoms with E-state index in [2.05, 4.69) is 0 Å². The predicted octanol–water partition coefficient (Wildman–Crippen LogP) is 0.891. The minimum absolute atomic E-state index is 0.278. The zero-order valence-corrected chi connectivity index (χ0v) is 10.2. The van der Waals surface area contributed by atoms with Gasteiger partial charge in [0.15, 0.2) is 0 Å². The van der Waals surface area contributed by atoms with E-state index in [0.717, 1.165) is 25.5 Å². The minimum Gasteiger partial charge on any atom is -0.398 e. The van der Waals surface area contributed by atoms with Crippen molar-refractivity contribution in [3.05, 3.63) is 0 Å². The van der Waals surface area contributed by atoms with Crippen LogP contribution >= 0.6 is 0 Å². The first-order valence-corrected chi connectivity index (χ1v) is 7.52. The smallest absolute Gasteiger partial charge is 0.334 e. The van der Waals surface area contributed by atoms with Crippen LogP contribution in [-0.4, -0.2) is 46.7 Å². The predicted molar refractivity (Wildman–Crippen MR) is 55.4 cm³/mol. The number of hydrogen-bond donors (Lipinski definition) is 1. The monoisotopic (exact) mass is 220 g/mol. The molecule has 1 N–H and O–H groups in total. The third kappa shape index (κ3) is 4.06. The Kier molecular flexibility index (Phi) is 4.53. The average molecular weight is 220 g/mol. The molecule has 0 aromatic carbocycles. The molecule has 1 aliphatic heterocycles. The van der Waals surface area contributed by atoms with E-state index in [0.29, 0.717) is 6.10 Å². The van der Waals surface area contributed by atoms with Crippen molar-refractivity contribution >= 4 is 8.56 Å². The molecule has 1 saturated heterocycles. The van der Waals surface area contributed by atoms with Gasteiger partial charge in [-0.1, -0.05) is 0 Å². The number of ether oxygens (including phenoxy) is 1. The number of aliphatic hydroxyl groups is 1. The molecule has 0 aliphatic carbocycles. The maximum absolute atomic E-state index is 9.65. The maximum atomic E-state index is 9.65. The number of aliphatic hydroxyl groups excluding tert-OH is 1. The van der Waals surface area contributed by atoms with Gasteiger partial charge < -0.3 is 18.7 Å². The van der Waals surface area contributed by atoms with Crippen LogP contribution in [0.2, 0.25) is 12.6 Å². The fourth-order valence-corrected chi connectivity index (χ4v) is 2.77. The van der Waals surface area contributed by atoms with Crippen LogP contribution in [0.3, 0.4) is 0 Å². The van der Waals surface area contributed by atoms with E-state index in [4.69, 9.17) is 13.6 Å². The molecule has 4 nitrogen and oxygen atoms in total. The van der Waals surface area contributed by atoms with Gasteiger partial charge in [-0.15, -0.1) is 0 Å². The highest BCUT2D eigenvalue weighted by atomic mass is 28.4. The van der Waals surface area contributed by atoms with Crippen molar-refractivity contribution in [3.63, 3.8) is 0 Å². The zero-order valence-electron chi connectivity index (χ0n) is 9.16. The highest BCUT2D eigenvalue weighted by Gasteiger charge is 2.31. The standard InChI is InChI=1S/C9H20O4Si/c1-11-14(3,12-2)5-4-8(10)6-9-7-13-9/h8-10H,4-7H2,1-3H3. The van der Waals surface area contributed by atoms with Crippen LogP contribution in [0.25, 0.3) is 0 Å². The Morgan fingerprint density at radius 2 is 2.07 bits per heavy atom. The van der Waals surface area contributed by atoms with Crippen LogP contribution in [0.15, 0.2) is 0 Å². The summed E-state index contributed by atoms with van der Waals surface area (Å²) in [6.45, 7) is 2.81. The Morgan fingerprint density at radius 3 is 2.50 bits per heavy atom. The molecule has 2 unspecified atom stereocenters. The van der Waals surface area contributed by atoms with Gasteiger partial charge in [0.05, 0.1) is 18.8 Å². The number of hydrogen-bond acceptors (Lipinski definition) is 4. The molecule has 0 bridgehead atoms. The van der Waals surface area contributed by atoms with Crippen molar-refractivity contribution in [2.45, 2.75) is 37.6 Å². The lowest BCUT2D eigenvalue weighted by Gasteiger charge is -2.23. The van der Waals surface area contributed by atoms with Crippen LogP contribution in [0.4, 0.5) is 0 Å². The molecule has 1 heterocycles. The van der Waals surface area contributed by atoms with E-state index in [1.807, 2.05) is 6.55 Å². The van der Waals surface area contributed by atoms with Gasteiger partial charge in [-0.3, -0.25) is 0 Å². The summed E-state index contributed by atoms with van der Waals surface area (Å²) in [5.41, 5.74) is 0. The van der Waals surface area contributed by atoms with E-state index < -0.39 is 8.56 Å². The van der Waals surface area contributed by atoms with Gasteiger partial charge in [0.1, 0.15) is 0 Å². The quantitative estimate of drug-likeness (QED) is 0.511. The van der Waals surface area contributed by atoms with Gasteiger partial charge in [-0.25, -0.2) is 0 Å². The summed E-state index contributed by atoms with van der Waals surface area (Å²) in [6, 6.07) is 0.827. The first kappa shape index (κ1) is 12.1. The Labute approximate surface area is 86.4 Å². The van der Waals surface area contributed by atoms with Gasteiger partial charge in [-0.2, -0.15) is 0 Å². The fourth-order valence-electron chi connectivity index (χ4n) is 1.34. The summed E-state index contributed by atoms with van der Waals surface area (Å²) >= 11 is 0. The second-order valence-electron chi connectivity index (χ2n) is 3.93. The van der Waals surface area contributed by atoms with Crippen molar-refractivity contribution in [3.8, 4) is 0 Å².